The molecule has 5 nitrogen and oxygen atoms in total. The molecule has 0 bridgehead atoms. The molecule has 2 aliphatic rings. The first-order valence-corrected chi connectivity index (χ1v) is 10.1. The van der Waals surface area contributed by atoms with E-state index in [1.54, 1.807) is 0 Å². The molecule has 0 saturated carbocycles. The second kappa shape index (κ2) is 6.96. The molecule has 0 spiro atoms. The minimum atomic E-state index is -0.166. The molecule has 4 heterocycles. The number of H-pyrrole nitrogens is 1. The zero-order chi connectivity index (χ0) is 19.1. The van der Waals surface area contributed by atoms with Gasteiger partial charge in [-0.2, -0.15) is 5.26 Å². The summed E-state index contributed by atoms with van der Waals surface area (Å²) in [7, 11) is 0. The van der Waals surface area contributed by atoms with Gasteiger partial charge in [0.25, 0.3) is 0 Å². The highest BCUT2D eigenvalue weighted by Gasteiger charge is 2.25. The molecule has 0 unspecified atom stereocenters. The predicted octanol–water partition coefficient (Wildman–Crippen LogP) is 4.61. The molecule has 0 amide bonds. The van der Waals surface area contributed by atoms with Gasteiger partial charge in [0.2, 0.25) is 0 Å². The van der Waals surface area contributed by atoms with Crippen LogP contribution in [0.4, 0.5) is 0 Å². The Kier molecular flexibility index (Phi) is 4.29. The van der Waals surface area contributed by atoms with Crippen LogP contribution in [-0.4, -0.2) is 23.1 Å². The lowest BCUT2D eigenvalue weighted by Gasteiger charge is -2.24. The number of fused-ring (bicyclic) bond motifs is 2. The van der Waals surface area contributed by atoms with E-state index in [0.29, 0.717) is 6.04 Å². The van der Waals surface area contributed by atoms with E-state index in [0.717, 1.165) is 60.3 Å². The average Bonchev–Trinajstić information content (AvgIpc) is 3.42. The van der Waals surface area contributed by atoms with E-state index < -0.39 is 0 Å². The summed E-state index contributed by atoms with van der Waals surface area (Å²) >= 11 is 0. The van der Waals surface area contributed by atoms with Crippen LogP contribution >= 0.6 is 0 Å². The fourth-order valence-corrected chi connectivity index (χ4v) is 4.50. The third-order valence-corrected chi connectivity index (χ3v) is 6.02. The minimum Gasteiger partial charge on any atom is -0.493 e. The average molecular weight is 372 g/mol. The zero-order valence-electron chi connectivity index (χ0n) is 16.1. The molecule has 142 valence electrons. The summed E-state index contributed by atoms with van der Waals surface area (Å²) < 4.78 is 6.08. The van der Waals surface area contributed by atoms with Crippen LogP contribution in [0.5, 0.6) is 5.75 Å². The third kappa shape index (κ3) is 2.85. The van der Waals surface area contributed by atoms with Crippen molar-refractivity contribution < 1.29 is 4.74 Å². The molecule has 0 radical (unpaired) electrons. The van der Waals surface area contributed by atoms with Crippen LogP contribution in [0.2, 0.25) is 0 Å². The maximum atomic E-state index is 9.34. The van der Waals surface area contributed by atoms with Crippen molar-refractivity contribution in [1.29, 1.82) is 5.26 Å². The normalized spacial score (nSPS) is 19.8. The first kappa shape index (κ1) is 17.3. The van der Waals surface area contributed by atoms with Gasteiger partial charge in [0.05, 0.1) is 18.6 Å². The van der Waals surface area contributed by atoms with Gasteiger partial charge in [-0.05, 0) is 74.0 Å². The predicted molar refractivity (Wildman–Crippen MR) is 109 cm³/mol. The van der Waals surface area contributed by atoms with Gasteiger partial charge in [-0.3, -0.25) is 0 Å². The van der Waals surface area contributed by atoms with E-state index in [1.165, 1.54) is 23.1 Å². The Morgan fingerprint density at radius 2 is 2.18 bits per heavy atom. The minimum absolute atomic E-state index is 0.166. The Balaban J connectivity index is 1.64. The number of aryl methyl sites for hydroxylation is 1. The lowest BCUT2D eigenvalue weighted by Crippen LogP contribution is -2.17. The first-order valence-electron chi connectivity index (χ1n) is 10.1. The van der Waals surface area contributed by atoms with Crippen molar-refractivity contribution in [2.75, 3.05) is 13.2 Å². The fourth-order valence-electron chi connectivity index (χ4n) is 4.50. The SMILES string of the molecule is C[C@H](C#N)c1c[nH]c2ncc(-c3cc4c(c([C@@H]5CCCN5)c3)OCCC4)cc12. The summed E-state index contributed by atoms with van der Waals surface area (Å²) in [4.78, 5) is 7.82. The summed E-state index contributed by atoms with van der Waals surface area (Å²) in [6.07, 6.45) is 8.31. The fraction of sp³-hybridized carbons (Fsp3) is 0.391. The van der Waals surface area contributed by atoms with Crippen molar-refractivity contribution in [3.05, 3.63) is 47.3 Å². The van der Waals surface area contributed by atoms with E-state index in [-0.39, 0.29) is 5.92 Å². The molecular weight excluding hydrogens is 348 g/mol. The zero-order valence-corrected chi connectivity index (χ0v) is 16.1. The van der Waals surface area contributed by atoms with E-state index in [4.69, 9.17) is 4.74 Å². The lowest BCUT2D eigenvalue weighted by atomic mass is 9.91. The topological polar surface area (TPSA) is 73.7 Å². The summed E-state index contributed by atoms with van der Waals surface area (Å²) in [5.41, 5.74) is 6.69. The number of aromatic nitrogens is 2. The molecule has 28 heavy (non-hydrogen) atoms. The van der Waals surface area contributed by atoms with Gasteiger partial charge in [-0.25, -0.2) is 4.98 Å². The Bertz CT molecular complexity index is 1070. The molecule has 5 heteroatoms. The van der Waals surface area contributed by atoms with Crippen LogP contribution in [0.25, 0.3) is 22.2 Å². The van der Waals surface area contributed by atoms with Crippen LogP contribution in [-0.2, 0) is 6.42 Å². The molecule has 1 saturated heterocycles. The molecule has 2 aliphatic heterocycles. The number of nitrogens with one attached hydrogen (secondary N) is 2. The summed E-state index contributed by atoms with van der Waals surface area (Å²) in [6, 6.07) is 9.40. The van der Waals surface area contributed by atoms with E-state index in [2.05, 4.69) is 39.6 Å². The highest BCUT2D eigenvalue weighted by atomic mass is 16.5. The molecule has 0 aliphatic carbocycles. The first-order chi connectivity index (χ1) is 13.7. The molecule has 5 rings (SSSR count). The van der Waals surface area contributed by atoms with E-state index in [9.17, 15) is 5.26 Å². The Morgan fingerprint density at radius 1 is 1.25 bits per heavy atom. The van der Waals surface area contributed by atoms with Gasteiger partial charge >= 0.3 is 0 Å². The monoisotopic (exact) mass is 372 g/mol. The van der Waals surface area contributed by atoms with Crippen LogP contribution < -0.4 is 10.1 Å². The van der Waals surface area contributed by atoms with Crippen molar-refractivity contribution in [2.24, 2.45) is 0 Å². The van der Waals surface area contributed by atoms with Gasteiger partial charge < -0.3 is 15.0 Å². The number of benzene rings is 1. The van der Waals surface area contributed by atoms with Gasteiger partial charge in [0.1, 0.15) is 11.4 Å². The number of rotatable bonds is 3. The maximum absolute atomic E-state index is 9.34. The smallest absolute Gasteiger partial charge is 0.137 e. The second-order valence-corrected chi connectivity index (χ2v) is 7.87. The van der Waals surface area contributed by atoms with Crippen molar-refractivity contribution in [3.63, 3.8) is 0 Å². The molecular formula is C23H24N4O. The van der Waals surface area contributed by atoms with Crippen molar-refractivity contribution in [2.45, 2.75) is 44.6 Å². The number of ether oxygens (including phenoxy) is 1. The van der Waals surface area contributed by atoms with Crippen LogP contribution in [0.1, 0.15) is 54.8 Å². The number of aromatic amines is 1. The van der Waals surface area contributed by atoms with E-state index in [1.807, 2.05) is 19.3 Å². The number of nitrogens with zero attached hydrogens (tertiary/aromatic N) is 2. The highest BCUT2D eigenvalue weighted by Crippen LogP contribution is 2.40. The quantitative estimate of drug-likeness (QED) is 0.704. The number of hydrogen-bond donors (Lipinski definition) is 2. The standard InChI is InChI=1S/C23H24N4O/c1-14(11-24)20-13-27-23-18(20)10-17(12-26-23)16-8-15-4-3-7-28-22(15)19(9-16)21-5-2-6-25-21/h8-10,12-14,21,25H,2-7H2,1H3,(H,26,27)/t14-,21+/m1/s1. The molecule has 1 aromatic carbocycles. The Morgan fingerprint density at radius 3 is 3.00 bits per heavy atom. The number of hydrogen-bond acceptors (Lipinski definition) is 4. The van der Waals surface area contributed by atoms with Gasteiger partial charge in [-0.1, -0.05) is 0 Å². The summed E-state index contributed by atoms with van der Waals surface area (Å²) in [5, 5.41) is 14.0. The van der Waals surface area contributed by atoms with E-state index >= 15 is 0 Å². The lowest BCUT2D eigenvalue weighted by molar-refractivity contribution is 0.282. The summed E-state index contributed by atoms with van der Waals surface area (Å²) in [6.45, 7) is 3.80. The van der Waals surface area contributed by atoms with Gasteiger partial charge in [0.15, 0.2) is 0 Å². The van der Waals surface area contributed by atoms with Crippen LogP contribution in [0.3, 0.4) is 0 Å². The third-order valence-electron chi connectivity index (χ3n) is 6.02. The molecule has 2 aromatic heterocycles. The summed E-state index contributed by atoms with van der Waals surface area (Å²) in [5.74, 6) is 0.921. The van der Waals surface area contributed by atoms with Crippen molar-refractivity contribution in [1.82, 2.24) is 15.3 Å². The number of pyridine rings is 1. The highest BCUT2D eigenvalue weighted by molar-refractivity contribution is 5.85. The van der Waals surface area contributed by atoms with Crippen molar-refractivity contribution in [3.8, 4) is 22.9 Å². The molecule has 1 fully saturated rings. The van der Waals surface area contributed by atoms with Gasteiger partial charge in [0, 0.05) is 34.9 Å². The Hall–Kier alpha value is -2.84. The van der Waals surface area contributed by atoms with Crippen molar-refractivity contribution >= 4 is 11.0 Å². The largest absolute Gasteiger partial charge is 0.493 e. The van der Waals surface area contributed by atoms with Crippen LogP contribution in [0, 0.1) is 11.3 Å². The molecule has 3 aromatic rings. The van der Waals surface area contributed by atoms with Crippen LogP contribution in [0.15, 0.2) is 30.6 Å². The van der Waals surface area contributed by atoms with Gasteiger partial charge in [-0.15, -0.1) is 0 Å². The molecule has 2 N–H and O–H groups in total. The molecule has 2 atom stereocenters. The maximum Gasteiger partial charge on any atom is 0.137 e. The Labute approximate surface area is 164 Å². The second-order valence-electron chi connectivity index (χ2n) is 7.87. The number of nitriles is 1.